The van der Waals surface area contributed by atoms with Crippen molar-refractivity contribution in [3.63, 3.8) is 0 Å². The first-order valence-electron chi connectivity index (χ1n) is 7.49. The maximum Gasteiger partial charge on any atom is 0.277 e. The molecule has 0 radical (unpaired) electrons. The lowest BCUT2D eigenvalue weighted by Gasteiger charge is -2.13. The number of pyridine rings is 1. The van der Waals surface area contributed by atoms with Gasteiger partial charge in [-0.05, 0) is 50.5 Å². The summed E-state index contributed by atoms with van der Waals surface area (Å²) in [4.78, 5) is 29.5. The van der Waals surface area contributed by atoms with Crippen molar-refractivity contribution in [1.82, 2.24) is 14.8 Å². The van der Waals surface area contributed by atoms with E-state index >= 15 is 0 Å². The molecule has 118 valence electrons. The second kappa shape index (κ2) is 5.19. The predicted molar refractivity (Wildman–Crippen MR) is 90.2 cm³/mol. The molecule has 3 aromatic rings. The number of H-pyrrole nitrogens is 1. The van der Waals surface area contributed by atoms with Crippen molar-refractivity contribution in [2.45, 2.75) is 27.7 Å². The van der Waals surface area contributed by atoms with Gasteiger partial charge in [0.15, 0.2) is 0 Å². The Hall–Kier alpha value is -2.69. The van der Waals surface area contributed by atoms with E-state index in [1.165, 1.54) is 10.9 Å². The topological polar surface area (TPSA) is 67.8 Å². The van der Waals surface area contributed by atoms with E-state index in [4.69, 9.17) is 0 Å². The molecule has 2 heterocycles. The van der Waals surface area contributed by atoms with Gasteiger partial charge in [-0.1, -0.05) is 6.07 Å². The third-order valence-electron chi connectivity index (χ3n) is 4.57. The molecule has 1 aromatic carbocycles. The summed E-state index contributed by atoms with van der Waals surface area (Å²) in [5.41, 5.74) is 5.17. The van der Waals surface area contributed by atoms with Crippen LogP contribution >= 0.6 is 0 Å². The molecule has 0 aliphatic heterocycles. The van der Waals surface area contributed by atoms with Crippen molar-refractivity contribution in [2.24, 2.45) is 7.05 Å². The number of aromatic amines is 1. The lowest BCUT2D eigenvalue weighted by molar-refractivity contribution is 0.103. The van der Waals surface area contributed by atoms with Gasteiger partial charge in [-0.3, -0.25) is 19.3 Å². The molecule has 0 fully saturated rings. The highest BCUT2D eigenvalue weighted by atomic mass is 16.2. The first-order chi connectivity index (χ1) is 10.8. The smallest absolute Gasteiger partial charge is 0.277 e. The van der Waals surface area contributed by atoms with Gasteiger partial charge in [0.1, 0.15) is 5.56 Å². The summed E-state index contributed by atoms with van der Waals surface area (Å²) in [6.07, 6.45) is 1.45. The van der Waals surface area contributed by atoms with Crippen LogP contribution < -0.4 is 5.56 Å². The molecule has 23 heavy (non-hydrogen) atoms. The summed E-state index contributed by atoms with van der Waals surface area (Å²) >= 11 is 0. The molecule has 0 atom stereocenters. The second-order valence-electron chi connectivity index (χ2n) is 5.98. The molecule has 3 rings (SSSR count). The summed E-state index contributed by atoms with van der Waals surface area (Å²) < 4.78 is 1.29. The van der Waals surface area contributed by atoms with E-state index in [0.29, 0.717) is 11.1 Å². The van der Waals surface area contributed by atoms with Crippen molar-refractivity contribution in [1.29, 1.82) is 0 Å². The maximum atomic E-state index is 12.8. The minimum Gasteiger partial charge on any atom is -0.302 e. The zero-order valence-electron chi connectivity index (χ0n) is 13.9. The molecule has 0 spiro atoms. The normalized spacial score (nSPS) is 11.2. The number of carbonyl (C=O) groups is 1. The highest BCUT2D eigenvalue weighted by Crippen LogP contribution is 2.28. The van der Waals surface area contributed by atoms with Crippen molar-refractivity contribution in [3.8, 4) is 0 Å². The van der Waals surface area contributed by atoms with Crippen LogP contribution in [0.2, 0.25) is 0 Å². The molecule has 0 aliphatic carbocycles. The Kier molecular flexibility index (Phi) is 3.43. The van der Waals surface area contributed by atoms with Gasteiger partial charge in [0.25, 0.3) is 5.56 Å². The monoisotopic (exact) mass is 309 g/mol. The average molecular weight is 309 g/mol. The Morgan fingerprint density at radius 2 is 1.78 bits per heavy atom. The molecule has 0 unspecified atom stereocenters. The number of nitrogens with one attached hydrogen (secondary N) is 1. The minimum absolute atomic E-state index is 0.135. The Morgan fingerprint density at radius 1 is 1.09 bits per heavy atom. The zero-order chi connectivity index (χ0) is 16.9. The molecule has 5 nitrogen and oxygen atoms in total. The number of carbonyl (C=O) groups excluding carboxylic acids is 1. The summed E-state index contributed by atoms with van der Waals surface area (Å²) in [5, 5.41) is 3.73. The van der Waals surface area contributed by atoms with Crippen LogP contribution in [0.25, 0.3) is 10.9 Å². The lowest BCUT2D eigenvalue weighted by atomic mass is 9.94. The lowest BCUT2D eigenvalue weighted by Crippen LogP contribution is -2.19. The van der Waals surface area contributed by atoms with Crippen molar-refractivity contribution in [2.75, 3.05) is 0 Å². The van der Waals surface area contributed by atoms with Gasteiger partial charge >= 0.3 is 0 Å². The number of rotatable bonds is 2. The maximum absolute atomic E-state index is 12.8. The number of benzene rings is 1. The highest BCUT2D eigenvalue weighted by Gasteiger charge is 2.20. The molecule has 2 aromatic heterocycles. The summed E-state index contributed by atoms with van der Waals surface area (Å²) in [6, 6.07) is 3.67. The van der Waals surface area contributed by atoms with E-state index in [0.717, 1.165) is 27.8 Å². The summed E-state index contributed by atoms with van der Waals surface area (Å²) in [7, 11) is 1.59. The molecule has 5 heteroatoms. The average Bonchev–Trinajstić information content (AvgIpc) is 2.84. The molecule has 0 saturated heterocycles. The van der Waals surface area contributed by atoms with Gasteiger partial charge in [-0.2, -0.15) is 0 Å². The number of hydrogen-bond acceptors (Lipinski definition) is 3. The SMILES string of the molecule is Cc1nc2c(C(=O)c3c[nH]n(C)c3=O)ccc(C)c2c(C)c1C. The highest BCUT2D eigenvalue weighted by molar-refractivity contribution is 6.16. The van der Waals surface area contributed by atoms with E-state index in [-0.39, 0.29) is 16.9 Å². The number of hydrogen-bond donors (Lipinski definition) is 1. The van der Waals surface area contributed by atoms with Crippen LogP contribution in [-0.2, 0) is 7.05 Å². The molecule has 0 saturated carbocycles. The van der Waals surface area contributed by atoms with Gasteiger partial charge < -0.3 is 5.10 Å². The molecule has 1 N–H and O–H groups in total. The van der Waals surface area contributed by atoms with Gasteiger partial charge in [0, 0.05) is 29.9 Å². The standard InChI is InChI=1S/C18H19N3O2/c1-9-6-7-13(17(22)14-8-19-21(5)18(14)23)16-15(9)11(3)10(2)12(4)20-16/h6-8,19H,1-5H3. The predicted octanol–water partition coefficient (Wildman–Crippen LogP) is 2.73. The summed E-state index contributed by atoms with van der Waals surface area (Å²) in [6.45, 7) is 8.03. The first-order valence-corrected chi connectivity index (χ1v) is 7.49. The van der Waals surface area contributed by atoms with E-state index in [9.17, 15) is 9.59 Å². The van der Waals surface area contributed by atoms with Crippen LogP contribution in [0.3, 0.4) is 0 Å². The number of fused-ring (bicyclic) bond motifs is 1. The third kappa shape index (κ3) is 2.20. The van der Waals surface area contributed by atoms with Crippen molar-refractivity contribution >= 4 is 16.7 Å². The zero-order valence-corrected chi connectivity index (χ0v) is 13.9. The van der Waals surface area contributed by atoms with Crippen LogP contribution in [-0.4, -0.2) is 20.5 Å². The number of nitrogens with zero attached hydrogens (tertiary/aromatic N) is 2. The number of aryl methyl sites for hydroxylation is 4. The van der Waals surface area contributed by atoms with Gasteiger partial charge in [0.05, 0.1) is 5.52 Å². The first kappa shape index (κ1) is 15.2. The van der Waals surface area contributed by atoms with Crippen LogP contribution in [0.5, 0.6) is 0 Å². The second-order valence-corrected chi connectivity index (χ2v) is 5.98. The largest absolute Gasteiger partial charge is 0.302 e. The number of ketones is 1. The van der Waals surface area contributed by atoms with Crippen LogP contribution in [0.1, 0.15) is 38.3 Å². The molecule has 0 amide bonds. The van der Waals surface area contributed by atoms with E-state index < -0.39 is 0 Å². The fourth-order valence-electron chi connectivity index (χ4n) is 2.95. The molecular formula is C18H19N3O2. The Balaban J connectivity index is 2.35. The fraction of sp³-hybridized carbons (Fsp3) is 0.278. The fourth-order valence-corrected chi connectivity index (χ4v) is 2.95. The van der Waals surface area contributed by atoms with Gasteiger partial charge in [-0.15, -0.1) is 0 Å². The molecule has 0 aliphatic rings. The quantitative estimate of drug-likeness (QED) is 0.740. The van der Waals surface area contributed by atoms with Crippen LogP contribution in [0.4, 0.5) is 0 Å². The van der Waals surface area contributed by atoms with E-state index in [1.54, 1.807) is 13.1 Å². The Labute approximate surface area is 134 Å². The van der Waals surface area contributed by atoms with Crippen molar-refractivity contribution in [3.05, 3.63) is 62.2 Å². The third-order valence-corrected chi connectivity index (χ3v) is 4.57. The summed E-state index contributed by atoms with van der Waals surface area (Å²) in [5.74, 6) is -0.299. The van der Waals surface area contributed by atoms with Crippen LogP contribution in [0, 0.1) is 27.7 Å². The van der Waals surface area contributed by atoms with Gasteiger partial charge in [0.2, 0.25) is 5.78 Å². The minimum atomic E-state index is -0.329. The van der Waals surface area contributed by atoms with E-state index in [2.05, 4.69) is 10.1 Å². The molecular weight excluding hydrogens is 290 g/mol. The number of aromatic nitrogens is 3. The van der Waals surface area contributed by atoms with Crippen molar-refractivity contribution < 1.29 is 4.79 Å². The Bertz CT molecular complexity index is 1010. The van der Waals surface area contributed by atoms with Crippen LogP contribution in [0.15, 0.2) is 23.1 Å². The van der Waals surface area contributed by atoms with Gasteiger partial charge in [-0.25, -0.2) is 0 Å². The molecule has 0 bridgehead atoms. The van der Waals surface area contributed by atoms with E-state index in [1.807, 2.05) is 33.8 Å². The Morgan fingerprint density at radius 3 is 2.39 bits per heavy atom.